The Morgan fingerprint density at radius 3 is 2.82 bits per heavy atom. The number of fused-ring (bicyclic) bond motifs is 1. The molecule has 0 aromatic heterocycles. The number of halogens is 1. The topological polar surface area (TPSA) is 32.8 Å². The first-order chi connectivity index (χ1) is 8.00. The molecule has 0 fully saturated rings. The summed E-state index contributed by atoms with van der Waals surface area (Å²) in [6, 6.07) is 5.66. The van der Waals surface area contributed by atoms with Gasteiger partial charge in [0.05, 0.1) is 5.69 Å². The van der Waals surface area contributed by atoms with E-state index in [4.69, 9.17) is 16.3 Å². The third kappa shape index (κ3) is 2.23. The van der Waals surface area contributed by atoms with E-state index < -0.39 is 0 Å². The van der Waals surface area contributed by atoms with E-state index in [-0.39, 0.29) is 18.0 Å². The van der Waals surface area contributed by atoms with Crippen molar-refractivity contribution in [2.45, 2.75) is 5.50 Å². The Morgan fingerprint density at radius 2 is 2.18 bits per heavy atom. The van der Waals surface area contributed by atoms with Crippen molar-refractivity contribution in [1.82, 2.24) is 4.90 Å². The zero-order valence-electron chi connectivity index (χ0n) is 10.1. The Bertz CT molecular complexity index is 448. The van der Waals surface area contributed by atoms with Crippen molar-refractivity contribution < 1.29 is 9.53 Å². The highest BCUT2D eigenvalue weighted by Gasteiger charge is 2.23. The summed E-state index contributed by atoms with van der Waals surface area (Å²) in [5.74, 6) is 0.670. The van der Waals surface area contributed by atoms with E-state index in [9.17, 15) is 4.79 Å². The van der Waals surface area contributed by atoms with Crippen LogP contribution in [-0.2, 0) is 4.79 Å². The van der Waals surface area contributed by atoms with E-state index in [2.05, 4.69) is 0 Å². The van der Waals surface area contributed by atoms with E-state index in [0.717, 1.165) is 17.0 Å². The molecule has 4 nitrogen and oxygen atoms in total. The van der Waals surface area contributed by atoms with Crippen LogP contribution in [0.25, 0.3) is 0 Å². The van der Waals surface area contributed by atoms with Crippen LogP contribution >= 0.6 is 11.6 Å². The maximum atomic E-state index is 11.5. The van der Waals surface area contributed by atoms with E-state index in [1.165, 1.54) is 0 Å². The van der Waals surface area contributed by atoms with E-state index in [1.807, 2.05) is 37.2 Å². The van der Waals surface area contributed by atoms with Crippen LogP contribution in [0.1, 0.15) is 11.1 Å². The fourth-order valence-corrected chi connectivity index (χ4v) is 1.87. The Hall–Kier alpha value is -1.26. The van der Waals surface area contributed by atoms with Gasteiger partial charge in [0, 0.05) is 7.05 Å². The first kappa shape index (κ1) is 12.2. The number of anilines is 1. The van der Waals surface area contributed by atoms with Crippen molar-refractivity contribution in [3.63, 3.8) is 0 Å². The predicted octanol–water partition coefficient (Wildman–Crippen LogP) is 1.84. The maximum Gasteiger partial charge on any atom is 0.264 e. The molecule has 17 heavy (non-hydrogen) atoms. The molecule has 0 aliphatic carbocycles. The number of hydrogen-bond acceptors (Lipinski definition) is 3. The lowest BCUT2D eigenvalue weighted by Gasteiger charge is -2.27. The normalized spacial score (nSPS) is 16.8. The summed E-state index contributed by atoms with van der Waals surface area (Å²) >= 11 is 6.25. The van der Waals surface area contributed by atoms with Gasteiger partial charge in [-0.1, -0.05) is 6.07 Å². The molecule has 0 radical (unpaired) electrons. The minimum Gasteiger partial charge on any atom is -0.482 e. The van der Waals surface area contributed by atoms with Gasteiger partial charge in [0.1, 0.15) is 11.3 Å². The summed E-state index contributed by atoms with van der Waals surface area (Å²) in [6.45, 7) is 0.0980. The van der Waals surface area contributed by atoms with Gasteiger partial charge in [-0.05, 0) is 31.8 Å². The molecule has 92 valence electrons. The molecular weight excluding hydrogens is 240 g/mol. The van der Waals surface area contributed by atoms with Gasteiger partial charge in [0.25, 0.3) is 5.91 Å². The van der Waals surface area contributed by atoms with Gasteiger partial charge in [-0.2, -0.15) is 0 Å². The van der Waals surface area contributed by atoms with Crippen LogP contribution in [0, 0.1) is 0 Å². The second kappa shape index (κ2) is 4.55. The summed E-state index contributed by atoms with van der Waals surface area (Å²) in [6.07, 6.45) is 0. The molecule has 1 aromatic carbocycles. The van der Waals surface area contributed by atoms with Crippen molar-refractivity contribution in [3.05, 3.63) is 23.8 Å². The maximum absolute atomic E-state index is 11.5. The Morgan fingerprint density at radius 1 is 1.47 bits per heavy atom. The molecule has 0 saturated carbocycles. The number of nitrogens with zero attached hydrogens (tertiary/aromatic N) is 2. The molecule has 1 aliphatic rings. The van der Waals surface area contributed by atoms with Crippen molar-refractivity contribution >= 4 is 23.2 Å². The van der Waals surface area contributed by atoms with Gasteiger partial charge in [-0.15, -0.1) is 11.6 Å². The number of likely N-dealkylation sites (N-methyl/N-ethyl adjacent to an activating group) is 1. The largest absolute Gasteiger partial charge is 0.482 e. The molecule has 0 saturated heterocycles. The van der Waals surface area contributed by atoms with Crippen LogP contribution in [0.3, 0.4) is 0 Å². The number of ether oxygens (including phenoxy) is 1. The summed E-state index contributed by atoms with van der Waals surface area (Å²) in [7, 11) is 5.55. The average Bonchev–Trinajstić information content (AvgIpc) is 2.32. The second-order valence-corrected chi connectivity index (χ2v) is 4.68. The first-order valence-corrected chi connectivity index (χ1v) is 5.78. The fraction of sp³-hybridized carbons (Fsp3) is 0.417. The Balaban J connectivity index is 2.39. The van der Waals surface area contributed by atoms with Crippen LogP contribution in [0.4, 0.5) is 5.69 Å². The number of amides is 1. The Kier molecular flexibility index (Phi) is 3.26. The lowest BCUT2D eigenvalue weighted by Crippen LogP contribution is -2.35. The Labute approximate surface area is 106 Å². The molecule has 1 aromatic rings. The van der Waals surface area contributed by atoms with Crippen LogP contribution in [-0.4, -0.2) is 38.6 Å². The molecule has 0 bridgehead atoms. The zero-order valence-corrected chi connectivity index (χ0v) is 10.9. The monoisotopic (exact) mass is 254 g/mol. The van der Waals surface area contributed by atoms with Gasteiger partial charge in [0.2, 0.25) is 0 Å². The number of carbonyl (C=O) groups is 1. The predicted molar refractivity (Wildman–Crippen MR) is 67.6 cm³/mol. The average molecular weight is 255 g/mol. The van der Waals surface area contributed by atoms with Crippen molar-refractivity contribution in [1.29, 1.82) is 0 Å². The minimum atomic E-state index is -0.217. The number of benzene rings is 1. The first-order valence-electron chi connectivity index (χ1n) is 5.34. The van der Waals surface area contributed by atoms with Gasteiger partial charge >= 0.3 is 0 Å². The zero-order chi connectivity index (χ0) is 12.6. The molecule has 2 rings (SSSR count). The highest BCUT2D eigenvalue weighted by atomic mass is 35.5. The standard InChI is InChI=1S/C12H15ClN2O2/c1-14(2)12(13)8-4-5-10-9(6-8)15(3)11(16)7-17-10/h4-6,12H,7H2,1-3H3. The molecule has 1 unspecified atom stereocenters. The van der Waals surface area contributed by atoms with Crippen LogP contribution in [0.15, 0.2) is 18.2 Å². The lowest BCUT2D eigenvalue weighted by atomic mass is 10.1. The van der Waals surface area contributed by atoms with Gasteiger partial charge in [0.15, 0.2) is 6.61 Å². The third-order valence-corrected chi connectivity index (χ3v) is 3.44. The highest BCUT2D eigenvalue weighted by molar-refractivity contribution is 6.20. The van der Waals surface area contributed by atoms with Crippen LogP contribution in [0.5, 0.6) is 5.75 Å². The fourth-order valence-electron chi connectivity index (χ4n) is 1.74. The number of rotatable bonds is 2. The molecule has 0 N–H and O–H groups in total. The lowest BCUT2D eigenvalue weighted by molar-refractivity contribution is -0.120. The van der Waals surface area contributed by atoms with Gasteiger partial charge in [-0.3, -0.25) is 9.69 Å². The van der Waals surface area contributed by atoms with Gasteiger partial charge in [-0.25, -0.2) is 0 Å². The van der Waals surface area contributed by atoms with Crippen molar-refractivity contribution in [2.75, 3.05) is 32.6 Å². The van der Waals surface area contributed by atoms with E-state index in [0.29, 0.717) is 0 Å². The number of carbonyl (C=O) groups excluding carboxylic acids is 1. The molecule has 5 heteroatoms. The van der Waals surface area contributed by atoms with E-state index >= 15 is 0 Å². The van der Waals surface area contributed by atoms with Crippen molar-refractivity contribution in [3.8, 4) is 5.75 Å². The SMILES string of the molecule is CN1C(=O)COc2ccc(C(Cl)N(C)C)cc21. The summed E-state index contributed by atoms with van der Waals surface area (Å²) in [4.78, 5) is 15.0. The molecule has 1 amide bonds. The molecule has 1 heterocycles. The highest BCUT2D eigenvalue weighted by Crippen LogP contribution is 2.35. The molecular formula is C12H15ClN2O2. The number of alkyl halides is 1. The molecule has 1 aliphatic heterocycles. The van der Waals surface area contributed by atoms with Crippen molar-refractivity contribution in [2.24, 2.45) is 0 Å². The van der Waals surface area contributed by atoms with E-state index in [1.54, 1.807) is 11.9 Å². The second-order valence-electron chi connectivity index (χ2n) is 4.27. The van der Waals surface area contributed by atoms with Crippen LogP contribution in [0.2, 0.25) is 0 Å². The summed E-state index contributed by atoms with van der Waals surface area (Å²) in [5.41, 5.74) is 1.50. The summed E-state index contributed by atoms with van der Waals surface area (Å²) in [5, 5.41) is 0. The van der Waals surface area contributed by atoms with Crippen LogP contribution < -0.4 is 9.64 Å². The minimum absolute atomic E-state index is 0.0503. The smallest absolute Gasteiger partial charge is 0.264 e. The van der Waals surface area contributed by atoms with Gasteiger partial charge < -0.3 is 9.64 Å². The number of hydrogen-bond donors (Lipinski definition) is 0. The quantitative estimate of drug-likeness (QED) is 0.596. The third-order valence-electron chi connectivity index (χ3n) is 2.80. The molecule has 1 atom stereocenters. The summed E-state index contributed by atoms with van der Waals surface area (Å²) < 4.78 is 5.35. The molecule has 0 spiro atoms.